The van der Waals surface area contributed by atoms with Crippen molar-refractivity contribution in [1.82, 2.24) is 4.90 Å². The summed E-state index contributed by atoms with van der Waals surface area (Å²) in [7, 11) is 1.29. The number of likely N-dealkylation sites (tertiary alicyclic amines) is 1. The van der Waals surface area contributed by atoms with Crippen LogP contribution in [0.1, 0.15) is 20.3 Å². The number of hydrogen-bond acceptors (Lipinski definition) is 4. The summed E-state index contributed by atoms with van der Waals surface area (Å²) < 4.78 is 0. The number of hydrogen-bond donors (Lipinski definition) is 2. The Morgan fingerprint density at radius 3 is 2.31 bits per heavy atom. The van der Waals surface area contributed by atoms with Crippen molar-refractivity contribution >= 4 is 11.8 Å². The molecule has 1 saturated heterocycles. The van der Waals surface area contributed by atoms with Crippen LogP contribution in [-0.2, 0) is 9.59 Å². The number of carbonyl (C=O) groups excluding carboxylic acids is 2. The van der Waals surface area contributed by atoms with Crippen LogP contribution in [0.2, 0.25) is 0 Å². The van der Waals surface area contributed by atoms with Crippen LogP contribution < -0.4 is 0 Å². The molecule has 16 heavy (non-hydrogen) atoms. The van der Waals surface area contributed by atoms with Crippen molar-refractivity contribution in [1.29, 1.82) is 0 Å². The lowest BCUT2D eigenvalue weighted by Gasteiger charge is -2.23. The fourth-order valence-electron chi connectivity index (χ4n) is 1.55. The van der Waals surface area contributed by atoms with Crippen LogP contribution in [0.15, 0.2) is 12.2 Å². The summed E-state index contributed by atoms with van der Waals surface area (Å²) in [5.41, 5.74) is -2.00. The molecule has 5 heteroatoms. The van der Waals surface area contributed by atoms with Crippen molar-refractivity contribution in [2.24, 2.45) is 5.92 Å². The molecule has 1 heterocycles. The third-order valence-corrected chi connectivity index (χ3v) is 2.64. The second-order valence-corrected chi connectivity index (χ2v) is 4.43. The number of allylic oxidation sites excluding steroid dienone is 1. The smallest absolute Gasteiger partial charge is 0.264 e. The molecule has 90 valence electrons. The van der Waals surface area contributed by atoms with E-state index in [2.05, 4.69) is 0 Å². The van der Waals surface area contributed by atoms with Crippen molar-refractivity contribution in [2.45, 2.75) is 32.0 Å². The van der Waals surface area contributed by atoms with Gasteiger partial charge in [-0.05, 0) is 5.92 Å². The van der Waals surface area contributed by atoms with Gasteiger partial charge in [0.1, 0.15) is 6.10 Å². The summed E-state index contributed by atoms with van der Waals surface area (Å²) in [6.45, 7) is 3.81. The van der Waals surface area contributed by atoms with Crippen LogP contribution in [-0.4, -0.2) is 45.7 Å². The quantitative estimate of drug-likeness (QED) is 0.511. The molecular weight excluding hydrogens is 210 g/mol. The van der Waals surface area contributed by atoms with Gasteiger partial charge in [-0.1, -0.05) is 26.0 Å². The molecule has 2 unspecified atom stereocenters. The molecule has 2 amide bonds. The fraction of sp³-hybridized carbons (Fsp3) is 0.636. The molecule has 0 aromatic heterocycles. The Balaban J connectivity index is 2.87. The second-order valence-electron chi connectivity index (χ2n) is 4.43. The lowest BCUT2D eigenvalue weighted by molar-refractivity contribution is -0.150. The minimum Gasteiger partial charge on any atom is -0.385 e. The summed E-state index contributed by atoms with van der Waals surface area (Å²) in [5, 5.41) is 19.7. The molecule has 1 rings (SSSR count). The van der Waals surface area contributed by atoms with E-state index in [0.717, 1.165) is 4.90 Å². The van der Waals surface area contributed by atoms with Crippen LogP contribution >= 0.6 is 0 Å². The van der Waals surface area contributed by atoms with Crippen molar-refractivity contribution in [3.8, 4) is 0 Å². The largest absolute Gasteiger partial charge is 0.385 e. The standard InChI is InChI=1S/C11H17NO4/c1-7(2)4-5-8(13)11(16)6-9(14)12(3)10(11)15/h4-5,7-8,13,16H,6H2,1-3H3/b5-4+. The highest BCUT2D eigenvalue weighted by Gasteiger charge is 2.52. The summed E-state index contributed by atoms with van der Waals surface area (Å²) in [4.78, 5) is 23.7. The van der Waals surface area contributed by atoms with Crippen LogP contribution in [0.3, 0.4) is 0 Å². The summed E-state index contributed by atoms with van der Waals surface area (Å²) in [6.07, 6.45) is 1.32. The first-order chi connectivity index (χ1) is 7.29. The zero-order valence-electron chi connectivity index (χ0n) is 9.67. The Hall–Kier alpha value is -1.20. The Bertz CT molecular complexity index is 337. The number of rotatable bonds is 3. The fourth-order valence-corrected chi connectivity index (χ4v) is 1.55. The van der Waals surface area contributed by atoms with Crippen molar-refractivity contribution < 1.29 is 19.8 Å². The molecular formula is C11H17NO4. The average Bonchev–Trinajstić information content (AvgIpc) is 2.40. The first-order valence-electron chi connectivity index (χ1n) is 5.18. The minimum absolute atomic E-state index is 0.197. The van der Waals surface area contributed by atoms with Gasteiger partial charge >= 0.3 is 0 Å². The van der Waals surface area contributed by atoms with E-state index >= 15 is 0 Å². The number of likely N-dealkylation sites (N-methyl/N-ethyl adjacent to an activating group) is 1. The van der Waals surface area contributed by atoms with E-state index < -0.39 is 23.5 Å². The van der Waals surface area contributed by atoms with Gasteiger partial charge in [0, 0.05) is 7.05 Å². The normalized spacial score (nSPS) is 28.5. The zero-order valence-corrected chi connectivity index (χ0v) is 9.67. The molecule has 0 saturated carbocycles. The molecule has 1 aliphatic rings. The van der Waals surface area contributed by atoms with Crippen molar-refractivity contribution in [3.63, 3.8) is 0 Å². The van der Waals surface area contributed by atoms with Gasteiger partial charge < -0.3 is 10.2 Å². The number of carbonyl (C=O) groups is 2. The Kier molecular flexibility index (Phi) is 3.50. The lowest BCUT2D eigenvalue weighted by atomic mass is 9.93. The molecule has 0 radical (unpaired) electrons. The van der Waals surface area contributed by atoms with Gasteiger partial charge in [0.25, 0.3) is 5.91 Å². The molecule has 0 aliphatic carbocycles. The molecule has 1 fully saturated rings. The molecule has 0 bridgehead atoms. The van der Waals surface area contributed by atoms with Gasteiger partial charge in [-0.2, -0.15) is 0 Å². The van der Waals surface area contributed by atoms with E-state index in [9.17, 15) is 19.8 Å². The average molecular weight is 227 g/mol. The highest BCUT2D eigenvalue weighted by Crippen LogP contribution is 2.27. The highest BCUT2D eigenvalue weighted by atomic mass is 16.4. The molecule has 5 nitrogen and oxygen atoms in total. The monoisotopic (exact) mass is 227 g/mol. The Labute approximate surface area is 94.4 Å². The van der Waals surface area contributed by atoms with Crippen LogP contribution in [0, 0.1) is 5.92 Å². The van der Waals surface area contributed by atoms with E-state index in [4.69, 9.17) is 0 Å². The van der Waals surface area contributed by atoms with Gasteiger partial charge in [-0.15, -0.1) is 0 Å². The number of nitrogens with zero attached hydrogens (tertiary/aromatic N) is 1. The first kappa shape index (κ1) is 12.9. The number of aliphatic hydroxyl groups excluding tert-OH is 1. The lowest BCUT2D eigenvalue weighted by Crippen LogP contribution is -2.47. The summed E-state index contributed by atoms with van der Waals surface area (Å²) >= 11 is 0. The van der Waals surface area contributed by atoms with Gasteiger partial charge in [0.05, 0.1) is 6.42 Å². The SMILES string of the molecule is CC(C)/C=C/C(O)C1(O)CC(=O)N(C)C1=O. The predicted molar refractivity (Wildman–Crippen MR) is 57.3 cm³/mol. The molecule has 0 spiro atoms. The van der Waals surface area contributed by atoms with Gasteiger partial charge in [0.2, 0.25) is 5.91 Å². The first-order valence-corrected chi connectivity index (χ1v) is 5.18. The molecule has 0 aromatic carbocycles. The number of amides is 2. The van der Waals surface area contributed by atoms with E-state index in [1.807, 2.05) is 13.8 Å². The predicted octanol–water partition coefficient (Wildman–Crippen LogP) is -0.321. The maximum atomic E-state index is 11.6. The van der Waals surface area contributed by atoms with Gasteiger partial charge in [-0.3, -0.25) is 14.5 Å². The summed E-state index contributed by atoms with van der Waals surface area (Å²) in [5.74, 6) is -1.04. The Morgan fingerprint density at radius 1 is 1.38 bits per heavy atom. The van der Waals surface area contributed by atoms with Crippen LogP contribution in [0.5, 0.6) is 0 Å². The topological polar surface area (TPSA) is 77.8 Å². The van der Waals surface area contributed by atoms with Gasteiger partial charge in [0.15, 0.2) is 5.60 Å². The van der Waals surface area contributed by atoms with Crippen molar-refractivity contribution in [3.05, 3.63) is 12.2 Å². The van der Waals surface area contributed by atoms with Gasteiger partial charge in [-0.25, -0.2) is 0 Å². The third kappa shape index (κ3) is 2.15. The molecule has 2 N–H and O–H groups in total. The van der Waals surface area contributed by atoms with E-state index in [-0.39, 0.29) is 12.3 Å². The second kappa shape index (κ2) is 4.35. The third-order valence-electron chi connectivity index (χ3n) is 2.64. The Morgan fingerprint density at radius 2 is 1.94 bits per heavy atom. The van der Waals surface area contributed by atoms with Crippen molar-refractivity contribution in [2.75, 3.05) is 7.05 Å². The maximum Gasteiger partial charge on any atom is 0.264 e. The highest BCUT2D eigenvalue weighted by molar-refractivity contribution is 6.07. The molecule has 2 atom stereocenters. The van der Waals surface area contributed by atoms with E-state index in [0.29, 0.717) is 0 Å². The van der Waals surface area contributed by atoms with Crippen LogP contribution in [0.25, 0.3) is 0 Å². The maximum absolute atomic E-state index is 11.6. The number of imide groups is 1. The molecule has 0 aromatic rings. The minimum atomic E-state index is -2.00. The van der Waals surface area contributed by atoms with E-state index in [1.54, 1.807) is 6.08 Å². The number of aliphatic hydroxyl groups is 2. The molecule has 1 aliphatic heterocycles. The van der Waals surface area contributed by atoms with E-state index in [1.165, 1.54) is 13.1 Å². The summed E-state index contributed by atoms with van der Waals surface area (Å²) in [6, 6.07) is 0. The zero-order chi connectivity index (χ0) is 12.5. The van der Waals surface area contributed by atoms with Crippen LogP contribution in [0.4, 0.5) is 0 Å².